The lowest BCUT2D eigenvalue weighted by Crippen LogP contribution is -1.98. The summed E-state index contributed by atoms with van der Waals surface area (Å²) in [6.45, 7) is 0.743. The zero-order chi connectivity index (χ0) is 9.10. The van der Waals surface area contributed by atoms with Crippen LogP contribution in [0.25, 0.3) is 0 Å². The number of aromatic nitrogens is 2. The lowest BCUT2D eigenvalue weighted by Gasteiger charge is -2.01. The van der Waals surface area contributed by atoms with Gasteiger partial charge in [-0.3, -0.25) is 4.68 Å². The second-order valence-corrected chi connectivity index (χ2v) is 2.87. The molecule has 0 aliphatic rings. The Hall–Kier alpha value is -1.77. The first-order valence-corrected chi connectivity index (χ1v) is 4.10. The fraction of sp³-hybridized carbons (Fsp3) is 0.100. The van der Waals surface area contributed by atoms with Crippen LogP contribution in [0.3, 0.4) is 0 Å². The fourth-order valence-corrected chi connectivity index (χ4v) is 1.18. The number of hydrogen-bond donors (Lipinski definition) is 1. The van der Waals surface area contributed by atoms with E-state index in [1.165, 1.54) is 0 Å². The Morgan fingerprint density at radius 1 is 1.23 bits per heavy atom. The summed E-state index contributed by atoms with van der Waals surface area (Å²) in [4.78, 5) is 0. The molecule has 66 valence electrons. The molecule has 3 heteroatoms. The van der Waals surface area contributed by atoms with Gasteiger partial charge in [-0.1, -0.05) is 12.1 Å². The highest BCUT2D eigenvalue weighted by molar-refractivity contribution is 5.25. The van der Waals surface area contributed by atoms with E-state index in [0.29, 0.717) is 5.75 Å². The molecule has 0 saturated heterocycles. The van der Waals surface area contributed by atoms with Crippen LogP contribution in [0.15, 0.2) is 42.7 Å². The van der Waals surface area contributed by atoms with E-state index >= 15 is 0 Å². The number of benzene rings is 1. The summed E-state index contributed by atoms with van der Waals surface area (Å²) in [5.41, 5.74) is 1.13. The summed E-state index contributed by atoms with van der Waals surface area (Å²) in [6, 6.07) is 9.02. The zero-order valence-electron chi connectivity index (χ0n) is 7.09. The molecule has 1 aromatic heterocycles. The van der Waals surface area contributed by atoms with E-state index in [4.69, 9.17) is 5.11 Å². The minimum atomic E-state index is 0.296. The molecular weight excluding hydrogens is 164 g/mol. The predicted molar refractivity (Wildman–Crippen MR) is 49.4 cm³/mol. The van der Waals surface area contributed by atoms with Crippen molar-refractivity contribution < 1.29 is 5.11 Å². The third-order valence-electron chi connectivity index (χ3n) is 1.84. The molecule has 0 atom stereocenters. The lowest BCUT2D eigenvalue weighted by atomic mass is 10.2. The molecular formula is C10H10N2O. The molecule has 0 aliphatic heterocycles. The summed E-state index contributed by atoms with van der Waals surface area (Å²) >= 11 is 0. The van der Waals surface area contributed by atoms with Crippen LogP contribution < -0.4 is 0 Å². The van der Waals surface area contributed by atoms with Crippen LogP contribution in [0.4, 0.5) is 0 Å². The Morgan fingerprint density at radius 2 is 2.00 bits per heavy atom. The number of aromatic hydroxyl groups is 1. The number of phenols is 1. The van der Waals surface area contributed by atoms with Crippen molar-refractivity contribution in [2.24, 2.45) is 0 Å². The molecule has 2 rings (SSSR count). The molecule has 0 amide bonds. The maximum absolute atomic E-state index is 9.06. The van der Waals surface area contributed by atoms with Gasteiger partial charge in [-0.2, -0.15) is 5.10 Å². The standard InChI is InChI=1S/C10H10N2O/c13-10-4-2-9(3-5-10)8-12-7-1-6-11-12/h1-7,13H,8H2. The molecule has 0 unspecified atom stereocenters. The monoisotopic (exact) mass is 174 g/mol. The van der Waals surface area contributed by atoms with Gasteiger partial charge in [0.25, 0.3) is 0 Å². The highest BCUT2D eigenvalue weighted by atomic mass is 16.3. The molecule has 0 fully saturated rings. The second-order valence-electron chi connectivity index (χ2n) is 2.87. The molecule has 0 bridgehead atoms. The van der Waals surface area contributed by atoms with Crippen molar-refractivity contribution in [1.82, 2.24) is 9.78 Å². The molecule has 1 aromatic carbocycles. The number of rotatable bonds is 2. The molecule has 0 spiro atoms. The number of nitrogens with zero attached hydrogens (tertiary/aromatic N) is 2. The first-order valence-electron chi connectivity index (χ1n) is 4.10. The Kier molecular flexibility index (Phi) is 2.00. The Bertz CT molecular complexity index is 364. The van der Waals surface area contributed by atoms with E-state index in [2.05, 4.69) is 5.10 Å². The smallest absolute Gasteiger partial charge is 0.115 e. The van der Waals surface area contributed by atoms with Crippen molar-refractivity contribution in [1.29, 1.82) is 0 Å². The zero-order valence-corrected chi connectivity index (χ0v) is 7.09. The summed E-state index contributed by atoms with van der Waals surface area (Å²) in [7, 11) is 0. The topological polar surface area (TPSA) is 38.0 Å². The maximum atomic E-state index is 9.06. The van der Waals surface area contributed by atoms with E-state index < -0.39 is 0 Å². The highest BCUT2D eigenvalue weighted by Gasteiger charge is 1.94. The molecule has 1 heterocycles. The van der Waals surface area contributed by atoms with E-state index in [-0.39, 0.29) is 0 Å². The first kappa shape index (κ1) is 7.86. The van der Waals surface area contributed by atoms with E-state index in [0.717, 1.165) is 12.1 Å². The van der Waals surface area contributed by atoms with Gasteiger partial charge < -0.3 is 5.11 Å². The Morgan fingerprint density at radius 3 is 2.62 bits per heavy atom. The summed E-state index contributed by atoms with van der Waals surface area (Å²) in [6.07, 6.45) is 3.66. The van der Waals surface area contributed by atoms with Crippen LogP contribution >= 0.6 is 0 Å². The van der Waals surface area contributed by atoms with Gasteiger partial charge in [-0.15, -0.1) is 0 Å². The summed E-state index contributed by atoms with van der Waals surface area (Å²) in [5.74, 6) is 0.296. The Balaban J connectivity index is 2.15. The van der Waals surface area contributed by atoms with Crippen LogP contribution in [-0.4, -0.2) is 14.9 Å². The molecule has 13 heavy (non-hydrogen) atoms. The average Bonchev–Trinajstić information content (AvgIpc) is 2.62. The SMILES string of the molecule is Oc1ccc(Cn2cccn2)cc1. The molecule has 0 radical (unpaired) electrons. The fourth-order valence-electron chi connectivity index (χ4n) is 1.18. The minimum absolute atomic E-state index is 0.296. The number of phenolic OH excluding ortho intramolecular Hbond substituents is 1. The minimum Gasteiger partial charge on any atom is -0.508 e. The van der Waals surface area contributed by atoms with Gasteiger partial charge in [0.05, 0.1) is 6.54 Å². The highest BCUT2D eigenvalue weighted by Crippen LogP contribution is 2.10. The van der Waals surface area contributed by atoms with E-state index in [9.17, 15) is 0 Å². The molecule has 0 aliphatic carbocycles. The maximum Gasteiger partial charge on any atom is 0.115 e. The van der Waals surface area contributed by atoms with Crippen LogP contribution in [-0.2, 0) is 6.54 Å². The van der Waals surface area contributed by atoms with Gasteiger partial charge in [0, 0.05) is 12.4 Å². The van der Waals surface area contributed by atoms with Crippen molar-refractivity contribution in [3.8, 4) is 5.75 Å². The Labute approximate surface area is 76.3 Å². The normalized spacial score (nSPS) is 10.2. The van der Waals surface area contributed by atoms with Gasteiger partial charge in [0.15, 0.2) is 0 Å². The van der Waals surface area contributed by atoms with Crippen LogP contribution in [0.2, 0.25) is 0 Å². The van der Waals surface area contributed by atoms with Crippen molar-refractivity contribution in [2.75, 3.05) is 0 Å². The van der Waals surface area contributed by atoms with Gasteiger partial charge >= 0.3 is 0 Å². The molecule has 3 nitrogen and oxygen atoms in total. The van der Waals surface area contributed by atoms with Crippen molar-refractivity contribution >= 4 is 0 Å². The van der Waals surface area contributed by atoms with Gasteiger partial charge in [-0.25, -0.2) is 0 Å². The van der Waals surface area contributed by atoms with Gasteiger partial charge in [0.1, 0.15) is 5.75 Å². The van der Waals surface area contributed by atoms with Crippen molar-refractivity contribution in [3.05, 3.63) is 48.3 Å². The quantitative estimate of drug-likeness (QED) is 0.751. The van der Waals surface area contributed by atoms with Crippen molar-refractivity contribution in [2.45, 2.75) is 6.54 Å². The third kappa shape index (κ3) is 1.87. The number of hydrogen-bond acceptors (Lipinski definition) is 2. The second kappa shape index (κ2) is 3.31. The average molecular weight is 174 g/mol. The third-order valence-corrected chi connectivity index (χ3v) is 1.84. The predicted octanol–water partition coefficient (Wildman–Crippen LogP) is 1.64. The molecule has 2 aromatic rings. The largest absolute Gasteiger partial charge is 0.508 e. The van der Waals surface area contributed by atoms with E-state index in [1.54, 1.807) is 18.3 Å². The first-order chi connectivity index (χ1) is 6.34. The van der Waals surface area contributed by atoms with Crippen LogP contribution in [0.5, 0.6) is 5.75 Å². The lowest BCUT2D eigenvalue weighted by molar-refractivity contribution is 0.475. The van der Waals surface area contributed by atoms with E-state index in [1.807, 2.05) is 29.1 Å². The van der Waals surface area contributed by atoms with Gasteiger partial charge in [0.2, 0.25) is 0 Å². The van der Waals surface area contributed by atoms with Crippen molar-refractivity contribution in [3.63, 3.8) is 0 Å². The molecule has 0 saturated carbocycles. The molecule has 1 N–H and O–H groups in total. The van der Waals surface area contributed by atoms with Gasteiger partial charge in [-0.05, 0) is 23.8 Å². The van der Waals surface area contributed by atoms with Crippen LogP contribution in [0.1, 0.15) is 5.56 Å². The summed E-state index contributed by atoms with van der Waals surface area (Å²) in [5, 5.41) is 13.1. The summed E-state index contributed by atoms with van der Waals surface area (Å²) < 4.78 is 1.84. The van der Waals surface area contributed by atoms with Crippen LogP contribution in [0, 0.1) is 0 Å².